The second-order valence-electron chi connectivity index (χ2n) is 8.34. The van der Waals surface area contributed by atoms with E-state index in [-0.39, 0.29) is 18.4 Å². The molecular weight excluding hydrogens is 448 g/mol. The number of hydrogen-bond acceptors (Lipinski definition) is 6. The van der Waals surface area contributed by atoms with E-state index in [1.807, 2.05) is 29.1 Å². The molecule has 35 heavy (non-hydrogen) atoms. The van der Waals surface area contributed by atoms with Crippen molar-refractivity contribution in [3.63, 3.8) is 0 Å². The molecule has 1 saturated heterocycles. The number of nitrogens with zero attached hydrogens (tertiary/aromatic N) is 4. The van der Waals surface area contributed by atoms with E-state index in [2.05, 4.69) is 17.2 Å². The molecule has 0 N–H and O–H groups in total. The molecule has 184 valence electrons. The number of methoxy groups -OCH3 is 1. The van der Waals surface area contributed by atoms with Gasteiger partial charge in [-0.15, -0.1) is 0 Å². The third-order valence-electron chi connectivity index (χ3n) is 5.77. The summed E-state index contributed by atoms with van der Waals surface area (Å²) in [5.41, 5.74) is 2.56. The lowest BCUT2D eigenvalue weighted by Crippen LogP contribution is -2.43. The average molecular weight is 479 g/mol. The van der Waals surface area contributed by atoms with Gasteiger partial charge in [-0.3, -0.25) is 14.3 Å². The SMILES string of the molecule is COc1cc(C(=O)N(C)Cc2cnn(Cc3ccccc3)c2)ccc1OCC(=O)N1CCOCC1. The zero-order valence-electron chi connectivity index (χ0n) is 20.1. The number of carbonyl (C=O) groups is 2. The van der Waals surface area contributed by atoms with Gasteiger partial charge in [0.05, 0.1) is 33.1 Å². The molecule has 1 aliphatic rings. The highest BCUT2D eigenvalue weighted by atomic mass is 16.5. The van der Waals surface area contributed by atoms with Crippen molar-refractivity contribution >= 4 is 11.8 Å². The van der Waals surface area contributed by atoms with Gasteiger partial charge < -0.3 is 24.0 Å². The molecular formula is C26H30N4O5. The van der Waals surface area contributed by atoms with E-state index in [0.717, 1.165) is 11.1 Å². The number of benzene rings is 2. The fourth-order valence-electron chi connectivity index (χ4n) is 3.87. The molecule has 0 aliphatic carbocycles. The second kappa shape index (κ2) is 11.5. The van der Waals surface area contributed by atoms with Crippen LogP contribution < -0.4 is 9.47 Å². The van der Waals surface area contributed by atoms with Crippen molar-refractivity contribution in [1.82, 2.24) is 19.6 Å². The molecule has 2 aromatic carbocycles. The Labute approximate surface area is 204 Å². The minimum absolute atomic E-state index is 0.101. The van der Waals surface area contributed by atoms with Crippen LogP contribution in [0.5, 0.6) is 11.5 Å². The van der Waals surface area contributed by atoms with Crippen LogP contribution in [0.3, 0.4) is 0 Å². The third kappa shape index (κ3) is 6.39. The van der Waals surface area contributed by atoms with Crippen LogP contribution in [-0.4, -0.2) is 78.5 Å². The first-order valence-electron chi connectivity index (χ1n) is 11.5. The van der Waals surface area contributed by atoms with Crippen molar-refractivity contribution in [2.24, 2.45) is 0 Å². The fraction of sp³-hybridized carbons (Fsp3) is 0.346. The molecule has 4 rings (SSSR count). The van der Waals surface area contributed by atoms with E-state index in [4.69, 9.17) is 14.2 Å². The minimum atomic E-state index is -0.157. The van der Waals surface area contributed by atoms with E-state index in [0.29, 0.717) is 56.5 Å². The summed E-state index contributed by atoms with van der Waals surface area (Å²) in [4.78, 5) is 28.7. The number of aromatic nitrogens is 2. The Hall–Kier alpha value is -3.85. The summed E-state index contributed by atoms with van der Waals surface area (Å²) in [5.74, 6) is 0.545. The summed E-state index contributed by atoms with van der Waals surface area (Å²) in [7, 11) is 3.25. The highest BCUT2D eigenvalue weighted by Gasteiger charge is 2.19. The van der Waals surface area contributed by atoms with Gasteiger partial charge in [-0.25, -0.2) is 0 Å². The first kappa shape index (κ1) is 24.3. The Morgan fingerprint density at radius 1 is 1.06 bits per heavy atom. The summed E-state index contributed by atoms with van der Waals surface area (Å²) in [6.07, 6.45) is 3.72. The molecule has 1 fully saturated rings. The first-order valence-corrected chi connectivity index (χ1v) is 11.5. The minimum Gasteiger partial charge on any atom is -0.493 e. The molecule has 2 amide bonds. The zero-order chi connectivity index (χ0) is 24.6. The molecule has 0 saturated carbocycles. The van der Waals surface area contributed by atoms with Gasteiger partial charge >= 0.3 is 0 Å². The lowest BCUT2D eigenvalue weighted by Gasteiger charge is -2.26. The zero-order valence-corrected chi connectivity index (χ0v) is 20.1. The second-order valence-corrected chi connectivity index (χ2v) is 8.34. The number of hydrogen-bond donors (Lipinski definition) is 0. The largest absolute Gasteiger partial charge is 0.493 e. The van der Waals surface area contributed by atoms with Gasteiger partial charge in [0, 0.05) is 44.0 Å². The van der Waals surface area contributed by atoms with Gasteiger partial charge in [0.25, 0.3) is 11.8 Å². The van der Waals surface area contributed by atoms with Gasteiger partial charge in [-0.05, 0) is 23.8 Å². The topological polar surface area (TPSA) is 86.1 Å². The lowest BCUT2D eigenvalue weighted by atomic mass is 10.1. The Morgan fingerprint density at radius 2 is 1.83 bits per heavy atom. The average Bonchev–Trinajstić information content (AvgIpc) is 3.34. The Bertz CT molecular complexity index is 1140. The number of rotatable bonds is 9. The summed E-state index contributed by atoms with van der Waals surface area (Å²) in [6.45, 7) is 3.18. The van der Waals surface area contributed by atoms with Crippen molar-refractivity contribution in [2.45, 2.75) is 13.1 Å². The molecule has 9 heteroatoms. The quantitative estimate of drug-likeness (QED) is 0.470. The molecule has 3 aromatic rings. The molecule has 1 aliphatic heterocycles. The predicted molar refractivity (Wildman–Crippen MR) is 129 cm³/mol. The van der Waals surface area contributed by atoms with Gasteiger partial charge in [0.2, 0.25) is 0 Å². The van der Waals surface area contributed by atoms with Crippen molar-refractivity contribution in [2.75, 3.05) is 47.1 Å². The van der Waals surface area contributed by atoms with E-state index in [1.165, 1.54) is 7.11 Å². The van der Waals surface area contributed by atoms with Gasteiger partial charge in [-0.1, -0.05) is 30.3 Å². The Kier molecular flexibility index (Phi) is 7.99. The highest BCUT2D eigenvalue weighted by Crippen LogP contribution is 2.28. The Morgan fingerprint density at radius 3 is 2.57 bits per heavy atom. The van der Waals surface area contributed by atoms with Crippen LogP contribution in [-0.2, 0) is 22.6 Å². The number of ether oxygens (including phenoxy) is 3. The van der Waals surface area contributed by atoms with Crippen LogP contribution in [0.25, 0.3) is 0 Å². The number of morpholine rings is 1. The van der Waals surface area contributed by atoms with Crippen LogP contribution in [0.1, 0.15) is 21.5 Å². The summed E-state index contributed by atoms with van der Waals surface area (Å²) < 4.78 is 18.2. The number of amides is 2. The third-order valence-corrected chi connectivity index (χ3v) is 5.77. The maximum atomic E-state index is 13.0. The van der Waals surface area contributed by atoms with Crippen LogP contribution >= 0.6 is 0 Å². The standard InChI is InChI=1S/C26H30N4O5/c1-28(16-21-15-27-30(18-21)17-20-6-4-3-5-7-20)26(32)22-8-9-23(24(14-22)33-2)35-19-25(31)29-10-12-34-13-11-29/h3-9,14-15,18H,10-13,16-17,19H2,1-2H3. The fourth-order valence-corrected chi connectivity index (χ4v) is 3.87. The van der Waals surface area contributed by atoms with Crippen LogP contribution in [0.2, 0.25) is 0 Å². The van der Waals surface area contributed by atoms with Gasteiger partial charge in [0.1, 0.15) is 0 Å². The van der Waals surface area contributed by atoms with Crippen molar-refractivity contribution < 1.29 is 23.8 Å². The maximum absolute atomic E-state index is 13.0. The molecule has 1 aromatic heterocycles. The highest BCUT2D eigenvalue weighted by molar-refractivity contribution is 5.94. The molecule has 0 unspecified atom stereocenters. The molecule has 0 bridgehead atoms. The lowest BCUT2D eigenvalue weighted by molar-refractivity contribution is -0.137. The molecule has 0 spiro atoms. The summed E-state index contributed by atoms with van der Waals surface area (Å²) >= 11 is 0. The van der Waals surface area contributed by atoms with Gasteiger partial charge in [0.15, 0.2) is 18.1 Å². The van der Waals surface area contributed by atoms with Crippen LogP contribution in [0, 0.1) is 0 Å². The van der Waals surface area contributed by atoms with E-state index in [1.54, 1.807) is 41.2 Å². The van der Waals surface area contributed by atoms with Crippen molar-refractivity contribution in [3.05, 3.63) is 77.6 Å². The molecule has 9 nitrogen and oxygen atoms in total. The molecule has 0 radical (unpaired) electrons. The Balaban J connectivity index is 1.35. The maximum Gasteiger partial charge on any atom is 0.260 e. The van der Waals surface area contributed by atoms with E-state index < -0.39 is 0 Å². The van der Waals surface area contributed by atoms with Crippen molar-refractivity contribution in [1.29, 1.82) is 0 Å². The van der Waals surface area contributed by atoms with E-state index in [9.17, 15) is 9.59 Å². The van der Waals surface area contributed by atoms with Crippen LogP contribution in [0.15, 0.2) is 60.9 Å². The predicted octanol–water partition coefficient (Wildman–Crippen LogP) is 2.45. The molecule has 0 atom stereocenters. The normalized spacial score (nSPS) is 13.4. The van der Waals surface area contributed by atoms with Crippen LogP contribution in [0.4, 0.5) is 0 Å². The number of carbonyl (C=O) groups excluding carboxylic acids is 2. The first-order chi connectivity index (χ1) is 17.0. The molecule has 2 heterocycles. The van der Waals surface area contributed by atoms with Gasteiger partial charge in [-0.2, -0.15) is 5.10 Å². The summed E-state index contributed by atoms with van der Waals surface area (Å²) in [6, 6.07) is 15.0. The van der Waals surface area contributed by atoms with E-state index >= 15 is 0 Å². The van der Waals surface area contributed by atoms with Crippen molar-refractivity contribution in [3.8, 4) is 11.5 Å². The summed E-state index contributed by atoms with van der Waals surface area (Å²) in [5, 5.41) is 4.41. The monoisotopic (exact) mass is 478 g/mol. The smallest absolute Gasteiger partial charge is 0.260 e.